The van der Waals surface area contributed by atoms with Crippen LogP contribution < -0.4 is 21.1 Å². The summed E-state index contributed by atoms with van der Waals surface area (Å²) < 4.78 is 5.31. The van der Waals surface area contributed by atoms with Crippen LogP contribution in [0.2, 0.25) is 0 Å². The van der Waals surface area contributed by atoms with Crippen LogP contribution in [0.25, 0.3) is 0 Å². The van der Waals surface area contributed by atoms with Crippen LogP contribution in [0.4, 0.5) is 10.7 Å². The summed E-state index contributed by atoms with van der Waals surface area (Å²) in [6.07, 6.45) is 4.18. The second-order valence-electron chi connectivity index (χ2n) is 5.12. The minimum Gasteiger partial charge on any atom is -0.492 e. The van der Waals surface area contributed by atoms with E-state index in [0.29, 0.717) is 28.9 Å². The molecule has 110 valence electrons. The third kappa shape index (κ3) is 3.45. The average molecular weight is 295 g/mol. The molecule has 0 saturated heterocycles. The summed E-state index contributed by atoms with van der Waals surface area (Å²) in [6.45, 7) is 4.76. The molecule has 1 aromatic heterocycles. The van der Waals surface area contributed by atoms with Crippen molar-refractivity contribution in [1.82, 2.24) is 5.32 Å². The zero-order valence-electron chi connectivity index (χ0n) is 12.1. The fourth-order valence-corrected chi connectivity index (χ4v) is 2.74. The second kappa shape index (κ2) is 6.17. The number of thiophene rings is 1. The molecule has 4 N–H and O–H groups in total. The number of rotatable bonds is 6. The maximum Gasteiger partial charge on any atom is 0.263 e. The molecule has 1 aliphatic rings. The van der Waals surface area contributed by atoms with Crippen LogP contribution in [-0.2, 0) is 0 Å². The Morgan fingerprint density at radius 1 is 1.50 bits per heavy atom. The Morgan fingerprint density at radius 3 is 2.75 bits per heavy atom. The SMILES string of the molecule is COc1c(NCC=C(C)C)sc(C(=O)NC2CC2)c1N. The van der Waals surface area contributed by atoms with Gasteiger partial charge in [-0.15, -0.1) is 11.3 Å². The van der Waals surface area contributed by atoms with Gasteiger partial charge in [-0.3, -0.25) is 4.79 Å². The van der Waals surface area contributed by atoms with E-state index in [0.717, 1.165) is 17.8 Å². The number of carbonyl (C=O) groups is 1. The highest BCUT2D eigenvalue weighted by Crippen LogP contribution is 2.42. The number of methoxy groups -OCH3 is 1. The van der Waals surface area contributed by atoms with Crippen molar-refractivity contribution in [3.8, 4) is 5.75 Å². The molecule has 0 bridgehead atoms. The molecule has 1 amide bonds. The van der Waals surface area contributed by atoms with Gasteiger partial charge in [-0.25, -0.2) is 0 Å². The first-order chi connectivity index (χ1) is 9.52. The van der Waals surface area contributed by atoms with Gasteiger partial charge in [-0.2, -0.15) is 0 Å². The van der Waals surface area contributed by atoms with E-state index in [1.807, 2.05) is 13.8 Å². The van der Waals surface area contributed by atoms with Crippen LogP contribution >= 0.6 is 11.3 Å². The third-order valence-electron chi connectivity index (χ3n) is 3.00. The zero-order valence-corrected chi connectivity index (χ0v) is 12.9. The quantitative estimate of drug-likeness (QED) is 0.705. The average Bonchev–Trinajstić information content (AvgIpc) is 3.13. The van der Waals surface area contributed by atoms with E-state index < -0.39 is 0 Å². The van der Waals surface area contributed by atoms with Gasteiger partial charge in [0.2, 0.25) is 0 Å². The molecule has 2 rings (SSSR count). The van der Waals surface area contributed by atoms with Crippen molar-refractivity contribution in [2.45, 2.75) is 32.7 Å². The van der Waals surface area contributed by atoms with E-state index >= 15 is 0 Å². The maximum absolute atomic E-state index is 12.1. The standard InChI is InChI=1S/C14H21N3O2S/c1-8(2)6-7-16-14-11(19-3)10(15)12(20-14)13(18)17-9-4-5-9/h6,9,16H,4-5,7,15H2,1-3H3,(H,17,18). The summed E-state index contributed by atoms with van der Waals surface area (Å²) in [6, 6.07) is 0.317. The highest BCUT2D eigenvalue weighted by Gasteiger charge is 2.27. The lowest BCUT2D eigenvalue weighted by Crippen LogP contribution is -2.25. The van der Waals surface area contributed by atoms with Gasteiger partial charge < -0.3 is 21.1 Å². The van der Waals surface area contributed by atoms with Crippen molar-refractivity contribution in [2.75, 3.05) is 24.7 Å². The highest BCUT2D eigenvalue weighted by atomic mass is 32.1. The summed E-state index contributed by atoms with van der Waals surface area (Å²) in [5.41, 5.74) is 7.65. The lowest BCUT2D eigenvalue weighted by atomic mass is 10.3. The topological polar surface area (TPSA) is 76.4 Å². The second-order valence-corrected chi connectivity index (χ2v) is 6.14. The van der Waals surface area contributed by atoms with Crippen molar-refractivity contribution in [2.24, 2.45) is 0 Å². The molecule has 1 aliphatic carbocycles. The molecule has 1 heterocycles. The van der Waals surface area contributed by atoms with E-state index in [-0.39, 0.29) is 5.91 Å². The van der Waals surface area contributed by atoms with Gasteiger partial charge in [0.05, 0.1) is 7.11 Å². The Hall–Kier alpha value is -1.69. The molecule has 6 heteroatoms. The number of nitrogens with one attached hydrogen (secondary N) is 2. The smallest absolute Gasteiger partial charge is 0.263 e. The van der Waals surface area contributed by atoms with Crippen LogP contribution in [0.5, 0.6) is 5.75 Å². The monoisotopic (exact) mass is 295 g/mol. The van der Waals surface area contributed by atoms with Crippen molar-refractivity contribution in [3.05, 3.63) is 16.5 Å². The normalized spacial score (nSPS) is 13.8. The van der Waals surface area contributed by atoms with Crippen molar-refractivity contribution in [3.63, 3.8) is 0 Å². The van der Waals surface area contributed by atoms with E-state index in [4.69, 9.17) is 10.5 Å². The van der Waals surface area contributed by atoms with E-state index in [2.05, 4.69) is 16.7 Å². The molecule has 5 nitrogen and oxygen atoms in total. The number of anilines is 2. The maximum atomic E-state index is 12.1. The van der Waals surface area contributed by atoms with Gasteiger partial charge in [0.15, 0.2) is 5.75 Å². The van der Waals surface area contributed by atoms with Gasteiger partial charge in [-0.05, 0) is 26.7 Å². The third-order valence-corrected chi connectivity index (χ3v) is 4.14. The zero-order chi connectivity index (χ0) is 14.7. The fraction of sp³-hybridized carbons (Fsp3) is 0.500. The number of carbonyl (C=O) groups excluding carboxylic acids is 1. The molecule has 0 atom stereocenters. The van der Waals surface area contributed by atoms with Crippen molar-refractivity contribution >= 4 is 27.9 Å². The molecule has 0 aliphatic heterocycles. The molecule has 0 aromatic carbocycles. The number of allylic oxidation sites excluding steroid dienone is 1. The molecule has 1 fully saturated rings. The van der Waals surface area contributed by atoms with E-state index in [1.165, 1.54) is 16.9 Å². The molecular formula is C14H21N3O2S. The predicted molar refractivity (Wildman–Crippen MR) is 83.7 cm³/mol. The fourth-order valence-electron chi connectivity index (χ4n) is 1.74. The Labute approximate surface area is 123 Å². The predicted octanol–water partition coefficient (Wildman–Crippen LogP) is 2.61. The van der Waals surface area contributed by atoms with Gasteiger partial charge in [0.25, 0.3) is 5.91 Å². The number of hydrogen-bond acceptors (Lipinski definition) is 5. The van der Waals surface area contributed by atoms with Gasteiger partial charge in [-0.1, -0.05) is 11.6 Å². The number of ether oxygens (including phenoxy) is 1. The van der Waals surface area contributed by atoms with Crippen LogP contribution in [-0.4, -0.2) is 25.6 Å². The Morgan fingerprint density at radius 2 is 2.20 bits per heavy atom. The number of hydrogen-bond donors (Lipinski definition) is 3. The minimum absolute atomic E-state index is 0.108. The summed E-state index contributed by atoms with van der Waals surface area (Å²) in [7, 11) is 1.56. The lowest BCUT2D eigenvalue weighted by molar-refractivity contribution is 0.0956. The minimum atomic E-state index is -0.108. The first kappa shape index (κ1) is 14.7. The Kier molecular flexibility index (Phi) is 4.54. The van der Waals surface area contributed by atoms with Crippen LogP contribution in [0, 0.1) is 0 Å². The number of amides is 1. The van der Waals surface area contributed by atoms with Gasteiger partial charge >= 0.3 is 0 Å². The molecule has 1 saturated carbocycles. The summed E-state index contributed by atoms with van der Waals surface area (Å²) in [5, 5.41) is 6.98. The van der Waals surface area contributed by atoms with Crippen molar-refractivity contribution in [1.29, 1.82) is 0 Å². The first-order valence-electron chi connectivity index (χ1n) is 6.67. The molecule has 0 unspecified atom stereocenters. The Balaban J connectivity index is 2.14. The first-order valence-corrected chi connectivity index (χ1v) is 7.49. The largest absolute Gasteiger partial charge is 0.492 e. The van der Waals surface area contributed by atoms with Crippen LogP contribution in [0.3, 0.4) is 0 Å². The van der Waals surface area contributed by atoms with E-state index in [1.54, 1.807) is 7.11 Å². The number of nitrogens with two attached hydrogens (primary N) is 1. The number of nitrogen functional groups attached to an aromatic ring is 1. The summed E-state index contributed by atoms with van der Waals surface area (Å²) in [5.74, 6) is 0.446. The molecule has 1 aromatic rings. The molecular weight excluding hydrogens is 274 g/mol. The van der Waals surface area contributed by atoms with Gasteiger partial charge in [0.1, 0.15) is 15.6 Å². The van der Waals surface area contributed by atoms with Crippen LogP contribution in [0.1, 0.15) is 36.4 Å². The van der Waals surface area contributed by atoms with Crippen LogP contribution in [0.15, 0.2) is 11.6 Å². The Bertz CT molecular complexity index is 529. The summed E-state index contributed by atoms with van der Waals surface area (Å²) >= 11 is 1.34. The van der Waals surface area contributed by atoms with E-state index in [9.17, 15) is 4.79 Å². The van der Waals surface area contributed by atoms with Crippen molar-refractivity contribution < 1.29 is 9.53 Å². The van der Waals surface area contributed by atoms with Gasteiger partial charge in [0, 0.05) is 12.6 Å². The molecule has 0 spiro atoms. The molecule has 20 heavy (non-hydrogen) atoms. The lowest BCUT2D eigenvalue weighted by Gasteiger charge is -2.04. The molecule has 0 radical (unpaired) electrons. The summed E-state index contributed by atoms with van der Waals surface area (Å²) in [4.78, 5) is 12.6. The highest BCUT2D eigenvalue weighted by molar-refractivity contribution is 7.19.